The first kappa shape index (κ1) is 19.3. The zero-order valence-corrected chi connectivity index (χ0v) is 16.9. The van der Waals surface area contributed by atoms with Gasteiger partial charge in [0.1, 0.15) is 10.7 Å². The van der Waals surface area contributed by atoms with Crippen LogP contribution in [0, 0.1) is 13.8 Å². The maximum absolute atomic E-state index is 12.4. The molecule has 0 aliphatic carbocycles. The number of thiophene rings is 1. The number of nitrogens with one attached hydrogen (secondary N) is 1. The van der Waals surface area contributed by atoms with E-state index in [1.54, 1.807) is 4.90 Å². The lowest BCUT2D eigenvalue weighted by atomic mass is 10.1. The Hall–Kier alpha value is -2.47. The smallest absolute Gasteiger partial charge is 0.259 e. The van der Waals surface area contributed by atoms with Crippen molar-refractivity contribution < 1.29 is 4.79 Å². The lowest BCUT2D eigenvalue weighted by molar-refractivity contribution is -0.129. The summed E-state index contributed by atoms with van der Waals surface area (Å²) in [4.78, 5) is 35.7. The van der Waals surface area contributed by atoms with E-state index in [9.17, 15) is 9.59 Å². The summed E-state index contributed by atoms with van der Waals surface area (Å²) in [5.41, 5.74) is 2.17. The van der Waals surface area contributed by atoms with Crippen LogP contribution in [0.2, 0.25) is 0 Å². The van der Waals surface area contributed by atoms with Crippen LogP contribution in [0.15, 0.2) is 35.1 Å². The molecule has 1 aromatic carbocycles. The van der Waals surface area contributed by atoms with Crippen LogP contribution in [0.25, 0.3) is 10.2 Å². The Bertz CT molecular complexity index is 992. The quantitative estimate of drug-likeness (QED) is 0.678. The fraction of sp³-hybridized carbons (Fsp3) is 0.381. The summed E-state index contributed by atoms with van der Waals surface area (Å²) in [6, 6.07) is 10.3. The number of benzene rings is 1. The van der Waals surface area contributed by atoms with E-state index < -0.39 is 0 Å². The Kier molecular flexibility index (Phi) is 6.06. The van der Waals surface area contributed by atoms with Crippen molar-refractivity contribution in [3.05, 3.63) is 62.5 Å². The number of nitrogens with zero attached hydrogens (tertiary/aromatic N) is 2. The molecule has 6 heteroatoms. The summed E-state index contributed by atoms with van der Waals surface area (Å²) in [6.45, 7) is 4.66. The number of H-pyrrole nitrogens is 1. The van der Waals surface area contributed by atoms with Gasteiger partial charge in [0.15, 0.2) is 0 Å². The topological polar surface area (TPSA) is 66.1 Å². The molecule has 0 aliphatic rings. The normalized spacial score (nSPS) is 11.1. The molecule has 3 rings (SSSR count). The van der Waals surface area contributed by atoms with Gasteiger partial charge in [0.2, 0.25) is 5.91 Å². The molecular weight excluding hydrogens is 358 g/mol. The second-order valence-electron chi connectivity index (χ2n) is 6.88. The highest BCUT2D eigenvalue weighted by atomic mass is 32.1. The van der Waals surface area contributed by atoms with Crippen LogP contribution in [0.1, 0.15) is 34.7 Å². The molecule has 2 heterocycles. The number of amides is 1. The van der Waals surface area contributed by atoms with Crippen molar-refractivity contribution in [2.24, 2.45) is 0 Å². The highest BCUT2D eigenvalue weighted by molar-refractivity contribution is 7.18. The molecule has 5 nitrogen and oxygen atoms in total. The van der Waals surface area contributed by atoms with Crippen LogP contribution >= 0.6 is 11.3 Å². The maximum Gasteiger partial charge on any atom is 0.259 e. The average molecular weight is 384 g/mol. The van der Waals surface area contributed by atoms with Gasteiger partial charge in [-0.15, -0.1) is 11.3 Å². The third-order valence-corrected chi connectivity index (χ3v) is 5.99. The lowest BCUT2D eigenvalue weighted by Gasteiger charge is -2.17. The zero-order valence-electron chi connectivity index (χ0n) is 16.0. The number of hydrogen-bond acceptors (Lipinski definition) is 4. The van der Waals surface area contributed by atoms with Gasteiger partial charge in [-0.2, -0.15) is 0 Å². The zero-order chi connectivity index (χ0) is 19.4. The minimum atomic E-state index is -0.111. The monoisotopic (exact) mass is 383 g/mol. The van der Waals surface area contributed by atoms with E-state index in [1.165, 1.54) is 16.9 Å². The van der Waals surface area contributed by atoms with Crippen LogP contribution in [-0.2, 0) is 17.6 Å². The van der Waals surface area contributed by atoms with E-state index in [4.69, 9.17) is 0 Å². The first-order chi connectivity index (χ1) is 13.0. The summed E-state index contributed by atoms with van der Waals surface area (Å²) in [5, 5.41) is 0.672. The Morgan fingerprint density at radius 3 is 2.67 bits per heavy atom. The van der Waals surface area contributed by atoms with Gasteiger partial charge in [0.05, 0.1) is 5.39 Å². The second-order valence-corrected chi connectivity index (χ2v) is 8.08. The average Bonchev–Trinajstić information content (AvgIpc) is 2.94. The summed E-state index contributed by atoms with van der Waals surface area (Å²) in [6.07, 6.45) is 2.69. The molecule has 27 heavy (non-hydrogen) atoms. The molecule has 1 N–H and O–H groups in total. The minimum Gasteiger partial charge on any atom is -0.346 e. The third-order valence-electron chi connectivity index (χ3n) is 4.89. The van der Waals surface area contributed by atoms with Gasteiger partial charge in [0.25, 0.3) is 5.56 Å². The van der Waals surface area contributed by atoms with Crippen molar-refractivity contribution >= 4 is 27.5 Å². The largest absolute Gasteiger partial charge is 0.346 e. The van der Waals surface area contributed by atoms with Crippen LogP contribution in [0.3, 0.4) is 0 Å². The standard InChI is InChI=1S/C21H25N3O2S/c1-14-15(2)27-21-19(14)20(26)22-17(23-21)11-12-18(25)24(3)13-7-10-16-8-5-4-6-9-16/h4-6,8-9H,7,10-13H2,1-3H3,(H,22,23,26). The molecule has 0 saturated heterocycles. The van der Waals surface area contributed by atoms with Crippen LogP contribution in [-0.4, -0.2) is 34.4 Å². The Balaban J connectivity index is 1.54. The van der Waals surface area contributed by atoms with E-state index in [0.29, 0.717) is 24.1 Å². The second kappa shape index (κ2) is 8.48. The van der Waals surface area contributed by atoms with Gasteiger partial charge < -0.3 is 9.88 Å². The summed E-state index contributed by atoms with van der Waals surface area (Å²) in [5.74, 6) is 0.657. The van der Waals surface area contributed by atoms with E-state index in [0.717, 1.165) is 34.7 Å². The molecule has 3 aromatic rings. The number of rotatable bonds is 7. The molecule has 0 radical (unpaired) electrons. The van der Waals surface area contributed by atoms with Gasteiger partial charge in [-0.05, 0) is 37.8 Å². The molecule has 0 saturated carbocycles. The molecule has 2 aromatic heterocycles. The van der Waals surface area contributed by atoms with E-state index in [-0.39, 0.29) is 11.5 Å². The van der Waals surface area contributed by atoms with E-state index in [1.807, 2.05) is 39.1 Å². The lowest BCUT2D eigenvalue weighted by Crippen LogP contribution is -2.28. The molecule has 142 valence electrons. The van der Waals surface area contributed by atoms with Crippen LogP contribution in [0.5, 0.6) is 0 Å². The molecule has 0 spiro atoms. The third kappa shape index (κ3) is 4.63. The maximum atomic E-state index is 12.4. The van der Waals surface area contributed by atoms with Crippen molar-refractivity contribution in [1.29, 1.82) is 0 Å². The number of carbonyl (C=O) groups excluding carboxylic acids is 1. The van der Waals surface area contributed by atoms with Gasteiger partial charge in [-0.3, -0.25) is 9.59 Å². The fourth-order valence-corrected chi connectivity index (χ4v) is 4.17. The van der Waals surface area contributed by atoms with E-state index >= 15 is 0 Å². The Morgan fingerprint density at radius 1 is 1.19 bits per heavy atom. The number of hydrogen-bond donors (Lipinski definition) is 1. The van der Waals surface area contributed by atoms with Gasteiger partial charge in [0, 0.05) is 31.3 Å². The first-order valence-electron chi connectivity index (χ1n) is 9.22. The van der Waals surface area contributed by atoms with Crippen molar-refractivity contribution in [2.75, 3.05) is 13.6 Å². The highest BCUT2D eigenvalue weighted by Crippen LogP contribution is 2.25. The number of aryl methyl sites for hydroxylation is 4. The Morgan fingerprint density at radius 2 is 1.93 bits per heavy atom. The molecule has 0 bridgehead atoms. The summed E-state index contributed by atoms with van der Waals surface area (Å²) in [7, 11) is 1.83. The predicted molar refractivity (Wildman–Crippen MR) is 110 cm³/mol. The Labute approximate surface area is 163 Å². The van der Waals surface area contributed by atoms with Crippen molar-refractivity contribution in [3.8, 4) is 0 Å². The van der Waals surface area contributed by atoms with Crippen LogP contribution < -0.4 is 5.56 Å². The van der Waals surface area contributed by atoms with Crippen molar-refractivity contribution in [1.82, 2.24) is 14.9 Å². The van der Waals surface area contributed by atoms with Crippen molar-refractivity contribution in [2.45, 2.75) is 39.5 Å². The van der Waals surface area contributed by atoms with Gasteiger partial charge in [-0.1, -0.05) is 30.3 Å². The number of aromatic nitrogens is 2. The summed E-state index contributed by atoms with van der Waals surface area (Å²) >= 11 is 1.53. The van der Waals surface area contributed by atoms with Gasteiger partial charge >= 0.3 is 0 Å². The molecule has 1 amide bonds. The molecule has 0 fully saturated rings. The van der Waals surface area contributed by atoms with Gasteiger partial charge in [-0.25, -0.2) is 4.98 Å². The molecular formula is C21H25N3O2S. The molecule has 0 atom stereocenters. The SMILES string of the molecule is Cc1sc2nc(CCC(=O)N(C)CCCc3ccccc3)[nH]c(=O)c2c1C. The first-order valence-corrected chi connectivity index (χ1v) is 10.0. The molecule has 0 unspecified atom stereocenters. The predicted octanol–water partition coefficient (Wildman–Crippen LogP) is 3.63. The number of carbonyl (C=O) groups is 1. The van der Waals surface area contributed by atoms with Crippen molar-refractivity contribution in [3.63, 3.8) is 0 Å². The summed E-state index contributed by atoms with van der Waals surface area (Å²) < 4.78 is 0. The number of fused-ring (bicyclic) bond motifs is 1. The highest BCUT2D eigenvalue weighted by Gasteiger charge is 2.14. The fourth-order valence-electron chi connectivity index (χ4n) is 3.12. The van der Waals surface area contributed by atoms with Crippen LogP contribution in [0.4, 0.5) is 0 Å². The molecule has 0 aliphatic heterocycles. The van der Waals surface area contributed by atoms with E-state index in [2.05, 4.69) is 22.1 Å². The minimum absolute atomic E-state index is 0.0735. The number of aromatic amines is 1.